The number of benzene rings is 1. The van der Waals surface area contributed by atoms with Crippen molar-refractivity contribution in [2.24, 2.45) is 0 Å². The number of aliphatic hydroxyl groups excluding tert-OH is 1. The number of imidazole rings is 1. The van der Waals surface area contributed by atoms with E-state index in [1.807, 2.05) is 24.3 Å². The fourth-order valence-corrected chi connectivity index (χ4v) is 3.28. The summed E-state index contributed by atoms with van der Waals surface area (Å²) >= 11 is -1.21. The van der Waals surface area contributed by atoms with E-state index in [2.05, 4.69) is 9.97 Å². The van der Waals surface area contributed by atoms with Crippen LogP contribution in [0.15, 0.2) is 35.6 Å². The highest BCUT2D eigenvalue weighted by atomic mass is 32.2. The Hall–Kier alpha value is -1.42. The van der Waals surface area contributed by atoms with Crippen LogP contribution < -0.4 is 0 Å². The van der Waals surface area contributed by atoms with Crippen LogP contribution >= 0.6 is 0 Å². The number of hydrogen-bond acceptors (Lipinski definition) is 6. The quantitative estimate of drug-likeness (QED) is 0.404. The summed E-state index contributed by atoms with van der Waals surface area (Å²) in [5.41, 5.74) is 2.31. The number of rotatable bonds is 13. The van der Waals surface area contributed by atoms with E-state index in [0.29, 0.717) is 56.1 Å². The van der Waals surface area contributed by atoms with Gasteiger partial charge in [0.1, 0.15) is 5.75 Å². The van der Waals surface area contributed by atoms with E-state index < -0.39 is 11.2 Å². The Morgan fingerprint density at radius 3 is 2.62 bits per heavy atom. The van der Waals surface area contributed by atoms with Crippen molar-refractivity contribution in [3.8, 4) is 11.3 Å². The van der Waals surface area contributed by atoms with Crippen molar-refractivity contribution in [3.63, 3.8) is 0 Å². The third-order valence-corrected chi connectivity index (χ3v) is 4.96. The number of methoxy groups -OCH3 is 1. The van der Waals surface area contributed by atoms with Crippen LogP contribution in [0.25, 0.3) is 11.3 Å². The third-order valence-electron chi connectivity index (χ3n) is 3.66. The van der Waals surface area contributed by atoms with Crippen LogP contribution in [0.2, 0.25) is 0 Å². The van der Waals surface area contributed by atoms with E-state index in [1.54, 1.807) is 13.3 Å². The average molecular weight is 382 g/mol. The van der Waals surface area contributed by atoms with Crippen LogP contribution in [0.4, 0.5) is 0 Å². The zero-order valence-corrected chi connectivity index (χ0v) is 15.8. The van der Waals surface area contributed by atoms with Crippen molar-refractivity contribution in [1.82, 2.24) is 9.97 Å². The number of aromatic amines is 1. The Morgan fingerprint density at radius 2 is 1.85 bits per heavy atom. The van der Waals surface area contributed by atoms with E-state index in [-0.39, 0.29) is 6.61 Å². The maximum Gasteiger partial charge on any atom is 0.321 e. The molecule has 0 aliphatic carbocycles. The van der Waals surface area contributed by atoms with Gasteiger partial charge in [-0.05, 0) is 5.56 Å². The molecule has 0 spiro atoms. The first-order chi connectivity index (χ1) is 12.8. The molecule has 0 saturated heterocycles. The van der Waals surface area contributed by atoms with E-state index >= 15 is 0 Å². The molecule has 0 bridgehead atoms. The molecule has 7 nitrogen and oxygen atoms in total. The van der Waals surface area contributed by atoms with Gasteiger partial charge in [-0.2, -0.15) is 4.98 Å². The number of nitrogens with zero attached hydrogens (tertiary/aromatic N) is 1. The lowest BCUT2D eigenvalue weighted by atomic mass is 10.1. The molecule has 2 rings (SSSR count). The molecular formula is C18H26N2O5S. The minimum absolute atomic E-state index is 0.0615. The minimum atomic E-state index is -1.21. The summed E-state index contributed by atoms with van der Waals surface area (Å²) in [6.07, 6.45) is 2.39. The van der Waals surface area contributed by atoms with Gasteiger partial charge < -0.3 is 28.9 Å². The van der Waals surface area contributed by atoms with Gasteiger partial charge in [0.25, 0.3) is 0 Å². The predicted molar refractivity (Wildman–Crippen MR) is 99.4 cm³/mol. The highest BCUT2D eigenvalue weighted by molar-refractivity contribution is 7.91. The van der Waals surface area contributed by atoms with Gasteiger partial charge in [-0.15, -0.1) is 0 Å². The zero-order chi connectivity index (χ0) is 18.6. The Kier molecular flexibility index (Phi) is 9.68. The second-order valence-corrected chi connectivity index (χ2v) is 7.01. The van der Waals surface area contributed by atoms with Crippen LogP contribution in [0, 0.1) is 0 Å². The molecule has 1 aromatic heterocycles. The minimum Gasteiger partial charge on any atom is -0.609 e. The standard InChI is InChI=1S/C18H26N2O5S/c1-23-8-9-25-11-10-24-7-4-12-26(22)18-19-13-17(20-18)16-6-3-2-5-15(16)14-21/h2-3,5-6,13,21H,4,7-12,14H2,1H3,(H,19,20)/t26-/m1/s1. The largest absolute Gasteiger partial charge is 0.609 e. The first kappa shape index (κ1) is 20.9. The molecular weight excluding hydrogens is 356 g/mol. The number of aromatic nitrogens is 2. The lowest BCUT2D eigenvalue weighted by Gasteiger charge is -2.08. The molecule has 0 unspecified atom stereocenters. The molecule has 2 aromatic rings. The third kappa shape index (κ3) is 6.71. The van der Waals surface area contributed by atoms with Gasteiger partial charge in [-0.1, -0.05) is 24.3 Å². The van der Waals surface area contributed by atoms with Crippen molar-refractivity contribution in [1.29, 1.82) is 0 Å². The summed E-state index contributed by atoms with van der Waals surface area (Å²) in [6.45, 7) is 2.64. The molecule has 0 fully saturated rings. The molecule has 1 heterocycles. The van der Waals surface area contributed by atoms with Crippen LogP contribution in [-0.2, 0) is 32.0 Å². The second kappa shape index (κ2) is 12.1. The van der Waals surface area contributed by atoms with Crippen molar-refractivity contribution < 1.29 is 23.9 Å². The van der Waals surface area contributed by atoms with E-state index in [0.717, 1.165) is 11.1 Å². The first-order valence-corrected chi connectivity index (χ1v) is 9.85. The molecule has 0 aliphatic heterocycles. The van der Waals surface area contributed by atoms with Gasteiger partial charge in [0.05, 0.1) is 45.3 Å². The summed E-state index contributed by atoms with van der Waals surface area (Å²) in [5.74, 6) is 0.471. The molecule has 1 aromatic carbocycles. The summed E-state index contributed by atoms with van der Waals surface area (Å²) in [5, 5.41) is 9.86. The van der Waals surface area contributed by atoms with Crippen LogP contribution in [0.3, 0.4) is 0 Å². The molecule has 1 atom stereocenters. The molecule has 144 valence electrons. The SMILES string of the molecule is COCCOCCOCCC[S@@+]([O-])c1nc(-c2ccccc2CO)c[nH]1. The van der Waals surface area contributed by atoms with Gasteiger partial charge in [0.2, 0.25) is 0 Å². The van der Waals surface area contributed by atoms with Crippen LogP contribution in [0.5, 0.6) is 0 Å². The summed E-state index contributed by atoms with van der Waals surface area (Å²) in [4.78, 5) is 7.38. The number of nitrogens with one attached hydrogen (secondary N) is 1. The Labute approximate surface area is 156 Å². The Bertz CT molecular complexity index is 638. The molecule has 8 heteroatoms. The molecule has 0 radical (unpaired) electrons. The second-order valence-electron chi connectivity index (χ2n) is 5.53. The maximum absolute atomic E-state index is 12.3. The Balaban J connectivity index is 1.70. The van der Waals surface area contributed by atoms with Crippen LogP contribution in [-0.4, -0.2) is 65.5 Å². The molecule has 0 aliphatic rings. The fourth-order valence-electron chi connectivity index (χ4n) is 2.32. The van der Waals surface area contributed by atoms with E-state index in [9.17, 15) is 9.66 Å². The van der Waals surface area contributed by atoms with E-state index in [1.165, 1.54) is 0 Å². The van der Waals surface area contributed by atoms with Gasteiger partial charge in [-0.25, -0.2) is 0 Å². The number of ether oxygens (including phenoxy) is 3. The molecule has 26 heavy (non-hydrogen) atoms. The highest BCUT2D eigenvalue weighted by Gasteiger charge is 2.17. The average Bonchev–Trinajstić information content (AvgIpc) is 3.16. The zero-order valence-electron chi connectivity index (χ0n) is 15.0. The Morgan fingerprint density at radius 1 is 1.12 bits per heavy atom. The maximum atomic E-state index is 12.3. The van der Waals surface area contributed by atoms with Gasteiger partial charge >= 0.3 is 5.16 Å². The summed E-state index contributed by atoms with van der Waals surface area (Å²) < 4.78 is 27.9. The highest BCUT2D eigenvalue weighted by Crippen LogP contribution is 2.23. The molecule has 0 amide bonds. The van der Waals surface area contributed by atoms with Gasteiger partial charge in [0, 0.05) is 36.5 Å². The first-order valence-electron chi connectivity index (χ1n) is 8.53. The summed E-state index contributed by atoms with van der Waals surface area (Å²) in [7, 11) is 1.63. The fraction of sp³-hybridized carbons (Fsp3) is 0.500. The van der Waals surface area contributed by atoms with Crippen molar-refractivity contribution >= 4 is 11.2 Å². The van der Waals surface area contributed by atoms with Crippen LogP contribution in [0.1, 0.15) is 12.0 Å². The number of aliphatic hydroxyl groups is 1. The smallest absolute Gasteiger partial charge is 0.321 e. The van der Waals surface area contributed by atoms with Gasteiger partial charge in [-0.3, -0.25) is 0 Å². The summed E-state index contributed by atoms with van der Waals surface area (Å²) in [6, 6.07) is 7.48. The molecule has 2 N–H and O–H groups in total. The molecule has 0 saturated carbocycles. The lowest BCUT2D eigenvalue weighted by molar-refractivity contribution is 0.0251. The topological polar surface area (TPSA) is 99.7 Å². The van der Waals surface area contributed by atoms with Crippen molar-refractivity contribution in [2.45, 2.75) is 18.2 Å². The number of H-pyrrole nitrogens is 1. The van der Waals surface area contributed by atoms with Gasteiger partial charge in [0.15, 0.2) is 0 Å². The van der Waals surface area contributed by atoms with Crippen molar-refractivity contribution in [3.05, 3.63) is 36.0 Å². The van der Waals surface area contributed by atoms with Crippen molar-refractivity contribution in [2.75, 3.05) is 45.9 Å². The van der Waals surface area contributed by atoms with E-state index in [4.69, 9.17) is 14.2 Å². The normalized spacial score (nSPS) is 12.4. The lowest BCUT2D eigenvalue weighted by Crippen LogP contribution is -2.13. The number of hydrogen-bond donors (Lipinski definition) is 2. The monoisotopic (exact) mass is 382 g/mol. The predicted octanol–water partition coefficient (Wildman–Crippen LogP) is 1.75.